The first-order chi connectivity index (χ1) is 12.4. The van der Waals surface area contributed by atoms with E-state index in [1.54, 1.807) is 49.4 Å². The minimum absolute atomic E-state index is 0.0263. The highest BCUT2D eigenvalue weighted by molar-refractivity contribution is 5.86. The van der Waals surface area contributed by atoms with Crippen LogP contribution in [0.3, 0.4) is 0 Å². The number of carbonyl (C=O) groups excluding carboxylic acids is 1. The zero-order valence-corrected chi connectivity index (χ0v) is 14.4. The van der Waals surface area contributed by atoms with Gasteiger partial charge in [-0.15, -0.1) is 0 Å². The Kier molecular flexibility index (Phi) is 6.08. The fourth-order valence-electron chi connectivity index (χ4n) is 2.43. The third-order valence-corrected chi connectivity index (χ3v) is 3.75. The maximum atomic E-state index is 12.5. The highest BCUT2D eigenvalue weighted by Gasteiger charge is 2.51. The summed E-state index contributed by atoms with van der Waals surface area (Å²) in [6.07, 6.45) is 1.14. The molecule has 0 saturated heterocycles. The molecule has 0 aliphatic carbocycles. The summed E-state index contributed by atoms with van der Waals surface area (Å²) in [5.41, 5.74) is -2.76. The van der Waals surface area contributed by atoms with Crippen molar-refractivity contribution < 1.29 is 24.3 Å². The van der Waals surface area contributed by atoms with Gasteiger partial charge in [0.25, 0.3) is 11.3 Å². The maximum absolute atomic E-state index is 12.5. The molecule has 0 fully saturated rings. The Balaban J connectivity index is 2.62. The van der Waals surface area contributed by atoms with Gasteiger partial charge in [-0.3, -0.25) is 10.1 Å². The van der Waals surface area contributed by atoms with E-state index >= 15 is 0 Å². The van der Waals surface area contributed by atoms with Crippen molar-refractivity contribution in [3.05, 3.63) is 81.5 Å². The van der Waals surface area contributed by atoms with Crippen LogP contribution in [0.2, 0.25) is 0 Å². The third kappa shape index (κ3) is 3.89. The lowest BCUT2D eigenvalue weighted by atomic mass is 9.89. The van der Waals surface area contributed by atoms with Crippen molar-refractivity contribution in [3.8, 4) is 5.75 Å². The Labute approximate surface area is 150 Å². The van der Waals surface area contributed by atoms with Gasteiger partial charge in [0.1, 0.15) is 5.75 Å². The number of nitro groups is 1. The Morgan fingerprint density at radius 2 is 1.81 bits per heavy atom. The average molecular weight is 357 g/mol. The molecule has 0 amide bonds. The summed E-state index contributed by atoms with van der Waals surface area (Å²) in [5.74, 6) is -0.531. The minimum atomic E-state index is -2.54. The molecule has 0 aliphatic rings. The summed E-state index contributed by atoms with van der Waals surface area (Å²) in [6.45, 7) is 1.53. The van der Waals surface area contributed by atoms with Crippen LogP contribution in [0.25, 0.3) is 6.08 Å². The van der Waals surface area contributed by atoms with E-state index in [4.69, 9.17) is 9.47 Å². The molecule has 26 heavy (non-hydrogen) atoms. The van der Waals surface area contributed by atoms with E-state index in [9.17, 15) is 20.0 Å². The van der Waals surface area contributed by atoms with E-state index in [-0.39, 0.29) is 12.2 Å². The van der Waals surface area contributed by atoms with Crippen molar-refractivity contribution in [2.75, 3.05) is 13.7 Å². The highest BCUT2D eigenvalue weighted by atomic mass is 16.6. The van der Waals surface area contributed by atoms with Crippen LogP contribution in [-0.4, -0.2) is 29.7 Å². The van der Waals surface area contributed by atoms with Crippen LogP contribution >= 0.6 is 0 Å². The largest absolute Gasteiger partial charge is 0.497 e. The lowest BCUT2D eigenvalue weighted by Crippen LogP contribution is -2.41. The fraction of sp³-hybridized carbons (Fsp3) is 0.211. The molecule has 136 valence electrons. The first-order valence-corrected chi connectivity index (χ1v) is 7.89. The van der Waals surface area contributed by atoms with E-state index in [0.717, 1.165) is 6.08 Å². The molecular formula is C19H19NO6. The number of hydrogen-bond donors (Lipinski definition) is 1. The number of methoxy groups -OCH3 is 1. The van der Waals surface area contributed by atoms with Crippen LogP contribution < -0.4 is 4.74 Å². The number of rotatable bonds is 7. The predicted octanol–water partition coefficient (Wildman–Crippen LogP) is 2.76. The summed E-state index contributed by atoms with van der Waals surface area (Å²) in [5, 5.41) is 22.8. The van der Waals surface area contributed by atoms with E-state index in [1.807, 2.05) is 0 Å². The first-order valence-electron chi connectivity index (χ1n) is 7.89. The standard InChI is InChI=1S/C19H19NO6/c1-3-26-18(21)19(22,15-7-5-4-6-8-15)17(20(23)24)13-14-9-11-16(25-2)12-10-14/h4-13,22H,3H2,1-2H3/b17-13-. The van der Waals surface area contributed by atoms with Gasteiger partial charge in [0.2, 0.25) is 0 Å². The van der Waals surface area contributed by atoms with Gasteiger partial charge in [-0.05, 0) is 24.6 Å². The summed E-state index contributed by atoms with van der Waals surface area (Å²) in [7, 11) is 1.50. The molecule has 0 saturated carbocycles. The maximum Gasteiger partial charge on any atom is 0.354 e. The number of benzene rings is 2. The third-order valence-electron chi connectivity index (χ3n) is 3.75. The van der Waals surface area contributed by atoms with Crippen molar-refractivity contribution in [1.29, 1.82) is 0 Å². The predicted molar refractivity (Wildman–Crippen MR) is 94.9 cm³/mol. The molecule has 1 N–H and O–H groups in total. The van der Waals surface area contributed by atoms with Gasteiger partial charge in [-0.1, -0.05) is 42.5 Å². The summed E-state index contributed by atoms with van der Waals surface area (Å²) >= 11 is 0. The van der Waals surface area contributed by atoms with E-state index in [2.05, 4.69) is 0 Å². The average Bonchev–Trinajstić information content (AvgIpc) is 2.66. The summed E-state index contributed by atoms with van der Waals surface area (Å²) < 4.78 is 9.96. The molecular weight excluding hydrogens is 338 g/mol. The monoisotopic (exact) mass is 357 g/mol. The Morgan fingerprint density at radius 3 is 2.31 bits per heavy atom. The van der Waals surface area contributed by atoms with E-state index < -0.39 is 22.2 Å². The normalized spacial score (nSPS) is 13.6. The molecule has 1 unspecified atom stereocenters. The number of ether oxygens (including phenoxy) is 2. The number of nitrogens with zero attached hydrogens (tertiary/aromatic N) is 1. The van der Waals surface area contributed by atoms with Crippen molar-refractivity contribution in [1.82, 2.24) is 0 Å². The van der Waals surface area contributed by atoms with Crippen LogP contribution in [0.5, 0.6) is 5.75 Å². The molecule has 7 nitrogen and oxygen atoms in total. The number of hydrogen-bond acceptors (Lipinski definition) is 6. The zero-order chi connectivity index (χ0) is 19.2. The second-order valence-corrected chi connectivity index (χ2v) is 5.36. The topological polar surface area (TPSA) is 98.9 Å². The van der Waals surface area contributed by atoms with Gasteiger partial charge >= 0.3 is 5.97 Å². The van der Waals surface area contributed by atoms with Crippen LogP contribution in [0, 0.1) is 10.1 Å². The molecule has 2 aromatic rings. The van der Waals surface area contributed by atoms with Gasteiger partial charge in [0.05, 0.1) is 18.6 Å². The van der Waals surface area contributed by atoms with Gasteiger partial charge in [0, 0.05) is 11.6 Å². The van der Waals surface area contributed by atoms with Crippen LogP contribution in [0.4, 0.5) is 0 Å². The van der Waals surface area contributed by atoms with Crippen LogP contribution in [0.1, 0.15) is 18.1 Å². The number of carbonyl (C=O) groups is 1. The van der Waals surface area contributed by atoms with Crippen molar-refractivity contribution in [2.45, 2.75) is 12.5 Å². The molecule has 2 rings (SSSR count). The van der Waals surface area contributed by atoms with E-state index in [0.29, 0.717) is 11.3 Å². The second-order valence-electron chi connectivity index (χ2n) is 5.36. The SMILES string of the molecule is CCOC(=O)C(O)(/C(=C/c1ccc(OC)cc1)[N+](=O)[O-])c1ccccc1. The first kappa shape index (κ1) is 19.1. The lowest BCUT2D eigenvalue weighted by Gasteiger charge is -2.23. The molecule has 0 aromatic heterocycles. The van der Waals surface area contributed by atoms with Crippen molar-refractivity contribution in [2.24, 2.45) is 0 Å². The molecule has 0 bridgehead atoms. The number of esters is 1. The van der Waals surface area contributed by atoms with Gasteiger partial charge < -0.3 is 14.6 Å². The quantitative estimate of drug-likeness (QED) is 0.465. The molecule has 0 radical (unpaired) electrons. The number of aliphatic hydroxyl groups is 1. The van der Waals surface area contributed by atoms with Crippen LogP contribution in [0.15, 0.2) is 60.3 Å². The highest BCUT2D eigenvalue weighted by Crippen LogP contribution is 2.33. The minimum Gasteiger partial charge on any atom is -0.497 e. The zero-order valence-electron chi connectivity index (χ0n) is 14.4. The smallest absolute Gasteiger partial charge is 0.354 e. The Bertz CT molecular complexity index is 801. The van der Waals surface area contributed by atoms with Gasteiger partial charge in [-0.25, -0.2) is 4.79 Å². The van der Waals surface area contributed by atoms with Gasteiger partial charge in [0.15, 0.2) is 0 Å². The van der Waals surface area contributed by atoms with Crippen molar-refractivity contribution in [3.63, 3.8) is 0 Å². The van der Waals surface area contributed by atoms with E-state index in [1.165, 1.54) is 19.2 Å². The Morgan fingerprint density at radius 1 is 1.19 bits per heavy atom. The lowest BCUT2D eigenvalue weighted by molar-refractivity contribution is -0.441. The second kappa shape index (κ2) is 8.26. The van der Waals surface area contributed by atoms with Crippen molar-refractivity contribution >= 4 is 12.0 Å². The summed E-state index contributed by atoms with van der Waals surface area (Å²) in [4.78, 5) is 23.4. The Hall–Kier alpha value is -3.19. The molecule has 1 atom stereocenters. The van der Waals surface area contributed by atoms with Crippen LogP contribution in [-0.2, 0) is 15.1 Å². The molecule has 0 spiro atoms. The molecule has 0 aliphatic heterocycles. The fourth-order valence-corrected chi connectivity index (χ4v) is 2.43. The molecule has 2 aromatic carbocycles. The molecule has 7 heteroatoms. The van der Waals surface area contributed by atoms with Gasteiger partial charge in [-0.2, -0.15) is 0 Å². The molecule has 0 heterocycles. The summed E-state index contributed by atoms with van der Waals surface area (Å²) in [6, 6.07) is 14.1.